The third-order valence-corrected chi connectivity index (χ3v) is 5.59. The Balaban J connectivity index is 1.92. The molecule has 2 rings (SSSR count). The largest absolute Gasteiger partial charge is 0.382 e. The Kier molecular flexibility index (Phi) is 7.63. The highest BCUT2D eigenvalue weighted by Crippen LogP contribution is 2.26. The van der Waals surface area contributed by atoms with Crippen molar-refractivity contribution < 1.29 is 0 Å². The van der Waals surface area contributed by atoms with Crippen molar-refractivity contribution in [3.05, 3.63) is 28.2 Å². The van der Waals surface area contributed by atoms with Crippen LogP contribution in [0.25, 0.3) is 0 Å². The number of hydrogen-bond donors (Lipinski definition) is 1. The van der Waals surface area contributed by atoms with Crippen LogP contribution >= 0.6 is 15.9 Å². The minimum absolute atomic E-state index is 0.650. The molecule has 0 radical (unpaired) electrons. The second-order valence-corrected chi connectivity index (χ2v) is 7.37. The third-order valence-electron chi connectivity index (χ3n) is 4.73. The van der Waals surface area contributed by atoms with Gasteiger partial charge in [0.25, 0.3) is 0 Å². The lowest BCUT2D eigenvalue weighted by atomic mass is 9.97. The van der Waals surface area contributed by atoms with Crippen molar-refractivity contribution in [2.45, 2.75) is 83.6 Å². The first-order valence-electron chi connectivity index (χ1n) is 8.79. The van der Waals surface area contributed by atoms with Gasteiger partial charge in [0.1, 0.15) is 0 Å². The zero-order valence-corrected chi connectivity index (χ0v) is 15.1. The number of nitrogens with one attached hydrogen (secondary N) is 1. The van der Waals surface area contributed by atoms with Crippen molar-refractivity contribution in [2.24, 2.45) is 0 Å². The normalized spacial score (nSPS) is 19.5. The summed E-state index contributed by atoms with van der Waals surface area (Å²) in [6.07, 6.45) is 15.5. The first kappa shape index (κ1) is 16.9. The van der Waals surface area contributed by atoms with Crippen molar-refractivity contribution in [1.29, 1.82) is 0 Å². The van der Waals surface area contributed by atoms with Gasteiger partial charge in [-0.2, -0.15) is 0 Å². The van der Waals surface area contributed by atoms with Crippen LogP contribution in [0.5, 0.6) is 0 Å². The summed E-state index contributed by atoms with van der Waals surface area (Å²) < 4.78 is 1.21. The molecule has 1 aromatic rings. The highest BCUT2D eigenvalue weighted by atomic mass is 79.9. The van der Waals surface area contributed by atoms with E-state index in [0.29, 0.717) is 6.04 Å². The minimum atomic E-state index is 0.650. The fourth-order valence-electron chi connectivity index (χ4n) is 3.29. The molecular formula is C19H30BrN. The van der Waals surface area contributed by atoms with E-state index in [1.165, 1.54) is 86.4 Å². The second-order valence-electron chi connectivity index (χ2n) is 6.51. The first-order chi connectivity index (χ1) is 10.3. The van der Waals surface area contributed by atoms with Gasteiger partial charge in [-0.05, 0) is 37.5 Å². The van der Waals surface area contributed by atoms with E-state index in [9.17, 15) is 0 Å². The van der Waals surface area contributed by atoms with Crippen molar-refractivity contribution in [1.82, 2.24) is 0 Å². The molecule has 2 heteroatoms. The molecule has 0 amide bonds. The number of rotatable bonds is 2. The molecule has 1 aliphatic carbocycles. The molecule has 1 aromatic carbocycles. The quantitative estimate of drug-likeness (QED) is 0.614. The predicted molar refractivity (Wildman–Crippen MR) is 97.1 cm³/mol. The Morgan fingerprint density at radius 3 is 1.95 bits per heavy atom. The zero-order chi connectivity index (χ0) is 14.9. The number of halogens is 1. The lowest BCUT2D eigenvalue weighted by Gasteiger charge is -2.22. The van der Waals surface area contributed by atoms with E-state index in [0.717, 1.165) is 0 Å². The Hall–Kier alpha value is -0.500. The van der Waals surface area contributed by atoms with Crippen LogP contribution in [-0.2, 0) is 0 Å². The van der Waals surface area contributed by atoms with Gasteiger partial charge >= 0.3 is 0 Å². The van der Waals surface area contributed by atoms with Crippen molar-refractivity contribution in [2.75, 3.05) is 5.32 Å². The summed E-state index contributed by atoms with van der Waals surface area (Å²) in [5.74, 6) is 0. The maximum atomic E-state index is 3.81. The Morgan fingerprint density at radius 1 is 0.857 bits per heavy atom. The molecule has 0 aliphatic heterocycles. The van der Waals surface area contributed by atoms with Crippen molar-refractivity contribution in [3.63, 3.8) is 0 Å². The fraction of sp³-hybridized carbons (Fsp3) is 0.684. The maximum Gasteiger partial charge on any atom is 0.0383 e. The molecule has 0 atom stereocenters. The first-order valence-corrected chi connectivity index (χ1v) is 9.58. The summed E-state index contributed by atoms with van der Waals surface area (Å²) in [5, 5.41) is 3.81. The van der Waals surface area contributed by atoms with Crippen molar-refractivity contribution in [3.8, 4) is 0 Å². The molecule has 21 heavy (non-hydrogen) atoms. The summed E-state index contributed by atoms with van der Waals surface area (Å²) >= 11 is 3.64. The van der Waals surface area contributed by atoms with Gasteiger partial charge in [-0.3, -0.25) is 0 Å². The van der Waals surface area contributed by atoms with Gasteiger partial charge in [0.2, 0.25) is 0 Å². The Labute approximate surface area is 139 Å². The van der Waals surface area contributed by atoms with Crippen LogP contribution in [0.2, 0.25) is 0 Å². The molecule has 1 saturated carbocycles. The van der Waals surface area contributed by atoms with Gasteiger partial charge in [0.15, 0.2) is 0 Å². The molecular weight excluding hydrogens is 322 g/mol. The summed E-state index contributed by atoms with van der Waals surface area (Å²) in [7, 11) is 0. The average molecular weight is 352 g/mol. The second kappa shape index (κ2) is 9.50. The average Bonchev–Trinajstić information content (AvgIpc) is 2.46. The molecule has 118 valence electrons. The standard InChI is InChI=1S/C19H30BrN/c1-16-18(20)14-11-15-19(16)21-17-12-9-7-5-3-2-4-6-8-10-13-17/h11,14-15,17,21H,2-10,12-13H2,1H3. The summed E-state index contributed by atoms with van der Waals surface area (Å²) in [4.78, 5) is 0. The van der Waals surface area contributed by atoms with E-state index in [1.807, 2.05) is 0 Å². The van der Waals surface area contributed by atoms with Gasteiger partial charge in [0, 0.05) is 16.2 Å². The van der Waals surface area contributed by atoms with Crippen LogP contribution in [0, 0.1) is 6.92 Å². The molecule has 1 aliphatic rings. The van der Waals surface area contributed by atoms with Crippen LogP contribution in [0.3, 0.4) is 0 Å². The van der Waals surface area contributed by atoms with E-state index in [1.54, 1.807) is 0 Å². The number of hydrogen-bond acceptors (Lipinski definition) is 1. The van der Waals surface area contributed by atoms with Gasteiger partial charge in [-0.25, -0.2) is 0 Å². The van der Waals surface area contributed by atoms with E-state index in [-0.39, 0.29) is 0 Å². The summed E-state index contributed by atoms with van der Waals surface area (Å²) in [6.45, 7) is 2.20. The van der Waals surface area contributed by atoms with Gasteiger partial charge in [-0.1, -0.05) is 79.8 Å². The maximum absolute atomic E-state index is 3.81. The number of anilines is 1. The molecule has 0 spiro atoms. The van der Waals surface area contributed by atoms with Crippen LogP contribution in [0.1, 0.15) is 76.2 Å². The van der Waals surface area contributed by atoms with E-state index in [2.05, 4.69) is 46.4 Å². The number of benzene rings is 1. The van der Waals surface area contributed by atoms with Gasteiger partial charge < -0.3 is 5.32 Å². The van der Waals surface area contributed by atoms with Crippen LogP contribution in [0.15, 0.2) is 22.7 Å². The van der Waals surface area contributed by atoms with Crippen LogP contribution < -0.4 is 5.32 Å². The fourth-order valence-corrected chi connectivity index (χ4v) is 3.66. The molecule has 0 saturated heterocycles. The highest BCUT2D eigenvalue weighted by molar-refractivity contribution is 9.10. The minimum Gasteiger partial charge on any atom is -0.382 e. The summed E-state index contributed by atoms with van der Waals surface area (Å²) in [6, 6.07) is 7.13. The molecule has 0 heterocycles. The Morgan fingerprint density at radius 2 is 1.38 bits per heavy atom. The zero-order valence-electron chi connectivity index (χ0n) is 13.5. The third kappa shape index (κ3) is 6.02. The van der Waals surface area contributed by atoms with Gasteiger partial charge in [-0.15, -0.1) is 0 Å². The van der Waals surface area contributed by atoms with Crippen LogP contribution in [-0.4, -0.2) is 6.04 Å². The molecule has 1 N–H and O–H groups in total. The van der Waals surface area contributed by atoms with E-state index < -0.39 is 0 Å². The molecule has 0 unspecified atom stereocenters. The molecule has 0 bridgehead atoms. The van der Waals surface area contributed by atoms with Gasteiger partial charge in [0.05, 0.1) is 0 Å². The molecule has 1 nitrogen and oxygen atoms in total. The predicted octanol–water partition coefficient (Wildman–Crippen LogP) is 6.84. The molecule has 1 fully saturated rings. The van der Waals surface area contributed by atoms with E-state index >= 15 is 0 Å². The smallest absolute Gasteiger partial charge is 0.0383 e. The lowest BCUT2D eigenvalue weighted by Crippen LogP contribution is -2.20. The monoisotopic (exact) mass is 351 g/mol. The highest BCUT2D eigenvalue weighted by Gasteiger charge is 2.11. The SMILES string of the molecule is Cc1c(Br)cccc1NC1CCCCCCCCCCC1. The van der Waals surface area contributed by atoms with E-state index in [4.69, 9.17) is 0 Å². The lowest BCUT2D eigenvalue weighted by molar-refractivity contribution is 0.480. The van der Waals surface area contributed by atoms with Crippen molar-refractivity contribution >= 4 is 21.6 Å². The topological polar surface area (TPSA) is 12.0 Å². The van der Waals surface area contributed by atoms with Crippen LogP contribution in [0.4, 0.5) is 5.69 Å². The molecule has 0 aromatic heterocycles. The summed E-state index contributed by atoms with van der Waals surface area (Å²) in [5.41, 5.74) is 2.64. The Bertz CT molecular complexity index is 404.